The minimum atomic E-state index is 0.453. The second kappa shape index (κ2) is 6.98. The first-order valence-electron chi connectivity index (χ1n) is 9.45. The Morgan fingerprint density at radius 2 is 1.76 bits per heavy atom. The molecule has 6 heteroatoms. The molecular weight excluding hydrogens is 362 g/mol. The van der Waals surface area contributed by atoms with E-state index in [9.17, 15) is 0 Å². The van der Waals surface area contributed by atoms with E-state index in [-0.39, 0.29) is 0 Å². The van der Waals surface area contributed by atoms with Crippen LogP contribution in [0.15, 0.2) is 71.3 Å². The minimum absolute atomic E-state index is 0.453. The van der Waals surface area contributed by atoms with E-state index in [4.69, 9.17) is 4.42 Å². The lowest BCUT2D eigenvalue weighted by molar-refractivity contribution is 0.444. The van der Waals surface area contributed by atoms with Gasteiger partial charge in [-0.05, 0) is 42.3 Å². The van der Waals surface area contributed by atoms with Crippen molar-refractivity contribution in [3.05, 3.63) is 84.3 Å². The molecule has 2 aromatic carbocycles. The quantitative estimate of drug-likeness (QED) is 0.447. The zero-order valence-corrected chi connectivity index (χ0v) is 16.2. The first kappa shape index (κ1) is 17.3. The van der Waals surface area contributed by atoms with Crippen LogP contribution in [0, 0.1) is 13.8 Å². The van der Waals surface area contributed by atoms with Crippen molar-refractivity contribution >= 4 is 10.9 Å². The number of aromatic nitrogens is 5. The molecule has 6 nitrogen and oxygen atoms in total. The summed E-state index contributed by atoms with van der Waals surface area (Å²) in [5.74, 6) is 1.10. The zero-order valence-electron chi connectivity index (χ0n) is 16.2. The number of hydrogen-bond acceptors (Lipinski definition) is 5. The zero-order chi connectivity index (χ0) is 19.8. The fraction of sp³-hybridized carbons (Fsp3) is 0.130. The topological polar surface area (TPSA) is 69.6 Å². The van der Waals surface area contributed by atoms with Crippen LogP contribution in [0.25, 0.3) is 33.3 Å². The van der Waals surface area contributed by atoms with Gasteiger partial charge < -0.3 is 4.42 Å². The molecule has 0 aliphatic rings. The van der Waals surface area contributed by atoms with E-state index in [1.165, 1.54) is 5.56 Å². The van der Waals surface area contributed by atoms with Crippen LogP contribution in [-0.4, -0.2) is 25.0 Å². The van der Waals surface area contributed by atoms with Crippen molar-refractivity contribution in [1.29, 1.82) is 0 Å². The van der Waals surface area contributed by atoms with Crippen molar-refractivity contribution < 1.29 is 4.42 Å². The molecule has 142 valence electrons. The highest BCUT2D eigenvalue weighted by atomic mass is 16.4. The maximum atomic E-state index is 5.44. The fourth-order valence-corrected chi connectivity index (χ4v) is 3.54. The Morgan fingerprint density at radius 1 is 0.897 bits per heavy atom. The molecule has 29 heavy (non-hydrogen) atoms. The van der Waals surface area contributed by atoms with Crippen LogP contribution in [0.5, 0.6) is 0 Å². The lowest BCUT2D eigenvalue weighted by Gasteiger charge is -2.09. The van der Waals surface area contributed by atoms with Crippen LogP contribution >= 0.6 is 0 Å². The SMILES string of the molecule is Cc1cc(-c2cccc(-c3ccn(Cc4nnc(C)o4)n3)c2)c2ccccc2n1. The number of rotatable bonds is 4. The highest BCUT2D eigenvalue weighted by molar-refractivity contribution is 5.95. The molecule has 0 bridgehead atoms. The van der Waals surface area contributed by atoms with Crippen molar-refractivity contribution in [3.8, 4) is 22.4 Å². The maximum Gasteiger partial charge on any atom is 0.237 e. The lowest BCUT2D eigenvalue weighted by Crippen LogP contribution is -2.00. The Balaban J connectivity index is 1.51. The molecular formula is C23H19N5O. The van der Waals surface area contributed by atoms with Gasteiger partial charge in [-0.3, -0.25) is 9.67 Å². The lowest BCUT2D eigenvalue weighted by atomic mass is 9.98. The molecule has 0 aliphatic heterocycles. The third-order valence-corrected chi connectivity index (χ3v) is 4.82. The average Bonchev–Trinajstić information content (AvgIpc) is 3.36. The van der Waals surface area contributed by atoms with Gasteiger partial charge in [0.25, 0.3) is 0 Å². The van der Waals surface area contributed by atoms with E-state index in [1.54, 1.807) is 11.6 Å². The predicted molar refractivity (Wildman–Crippen MR) is 111 cm³/mol. The summed E-state index contributed by atoms with van der Waals surface area (Å²) in [6.07, 6.45) is 1.92. The number of nitrogens with zero attached hydrogens (tertiary/aromatic N) is 5. The smallest absolute Gasteiger partial charge is 0.237 e. The Kier molecular flexibility index (Phi) is 4.17. The van der Waals surface area contributed by atoms with Crippen molar-refractivity contribution in [2.45, 2.75) is 20.4 Å². The van der Waals surface area contributed by atoms with Gasteiger partial charge in [0.2, 0.25) is 11.8 Å². The van der Waals surface area contributed by atoms with Gasteiger partial charge in [0.05, 0.1) is 11.2 Å². The summed E-state index contributed by atoms with van der Waals surface area (Å²) in [6, 6.07) is 20.8. The summed E-state index contributed by atoms with van der Waals surface area (Å²) < 4.78 is 7.25. The largest absolute Gasteiger partial charge is 0.424 e. The molecule has 0 radical (unpaired) electrons. The maximum absolute atomic E-state index is 5.44. The summed E-state index contributed by atoms with van der Waals surface area (Å²) in [7, 11) is 0. The summed E-state index contributed by atoms with van der Waals surface area (Å²) >= 11 is 0. The molecule has 0 spiro atoms. The van der Waals surface area contributed by atoms with Crippen LogP contribution in [0.2, 0.25) is 0 Å². The minimum Gasteiger partial charge on any atom is -0.424 e. The Morgan fingerprint density at radius 3 is 2.62 bits per heavy atom. The first-order chi connectivity index (χ1) is 14.2. The van der Waals surface area contributed by atoms with Crippen LogP contribution < -0.4 is 0 Å². The third-order valence-electron chi connectivity index (χ3n) is 4.82. The molecule has 5 aromatic rings. The molecule has 3 aromatic heterocycles. The molecule has 0 saturated carbocycles. The molecule has 0 unspecified atom stereocenters. The van der Waals surface area contributed by atoms with Crippen LogP contribution in [0.3, 0.4) is 0 Å². The Labute approximate surface area is 167 Å². The molecule has 0 atom stereocenters. The van der Waals surface area contributed by atoms with Gasteiger partial charge in [0.15, 0.2) is 0 Å². The van der Waals surface area contributed by atoms with Crippen LogP contribution in [0.1, 0.15) is 17.5 Å². The second-order valence-corrected chi connectivity index (χ2v) is 7.02. The summed E-state index contributed by atoms with van der Waals surface area (Å²) in [5.41, 5.74) is 6.29. The van der Waals surface area contributed by atoms with Gasteiger partial charge in [0.1, 0.15) is 6.54 Å². The van der Waals surface area contributed by atoms with E-state index < -0.39 is 0 Å². The highest BCUT2D eigenvalue weighted by Crippen LogP contribution is 2.31. The van der Waals surface area contributed by atoms with E-state index in [1.807, 2.05) is 31.3 Å². The monoisotopic (exact) mass is 381 g/mol. The Hall–Kier alpha value is -3.80. The normalized spacial score (nSPS) is 11.2. The molecule has 0 saturated heterocycles. The summed E-state index contributed by atoms with van der Waals surface area (Å²) in [6.45, 7) is 4.26. The molecule has 0 aliphatic carbocycles. The molecule has 0 fully saturated rings. The van der Waals surface area contributed by atoms with Crippen LogP contribution in [0.4, 0.5) is 0 Å². The third kappa shape index (κ3) is 3.40. The van der Waals surface area contributed by atoms with Gasteiger partial charge in [-0.2, -0.15) is 5.10 Å². The number of benzene rings is 2. The number of aryl methyl sites for hydroxylation is 2. The van der Waals surface area contributed by atoms with Gasteiger partial charge in [-0.25, -0.2) is 0 Å². The van der Waals surface area contributed by atoms with E-state index in [0.29, 0.717) is 18.3 Å². The molecule has 0 N–H and O–H groups in total. The van der Waals surface area contributed by atoms with Gasteiger partial charge in [0, 0.05) is 29.8 Å². The number of hydrogen-bond donors (Lipinski definition) is 0. The molecule has 0 amide bonds. The van der Waals surface area contributed by atoms with E-state index in [0.717, 1.165) is 33.4 Å². The van der Waals surface area contributed by atoms with Crippen molar-refractivity contribution in [3.63, 3.8) is 0 Å². The molecule has 3 heterocycles. The van der Waals surface area contributed by atoms with Crippen molar-refractivity contribution in [2.24, 2.45) is 0 Å². The van der Waals surface area contributed by atoms with Crippen LogP contribution in [-0.2, 0) is 6.54 Å². The predicted octanol–water partition coefficient (Wildman–Crippen LogP) is 4.81. The van der Waals surface area contributed by atoms with Gasteiger partial charge in [-0.1, -0.05) is 36.4 Å². The molecule has 5 rings (SSSR count). The van der Waals surface area contributed by atoms with Gasteiger partial charge >= 0.3 is 0 Å². The summed E-state index contributed by atoms with van der Waals surface area (Å²) in [4.78, 5) is 4.65. The number of pyridine rings is 1. The second-order valence-electron chi connectivity index (χ2n) is 7.02. The highest BCUT2D eigenvalue weighted by Gasteiger charge is 2.10. The van der Waals surface area contributed by atoms with Crippen molar-refractivity contribution in [1.82, 2.24) is 25.0 Å². The fourth-order valence-electron chi connectivity index (χ4n) is 3.54. The average molecular weight is 381 g/mol. The Bertz CT molecular complexity index is 1320. The number of para-hydroxylation sites is 1. The van der Waals surface area contributed by atoms with Gasteiger partial charge in [-0.15, -0.1) is 10.2 Å². The standard InChI is InChI=1S/C23H19N5O/c1-15-12-20(19-8-3-4-9-22(19)24-15)17-6-5-7-18(13-17)21-10-11-28(27-21)14-23-26-25-16(2)29-23/h3-13H,14H2,1-2H3. The van der Waals surface area contributed by atoms with Crippen molar-refractivity contribution in [2.75, 3.05) is 0 Å². The van der Waals surface area contributed by atoms with E-state index in [2.05, 4.69) is 62.7 Å². The summed E-state index contributed by atoms with van der Waals surface area (Å²) in [5, 5.41) is 13.7. The number of fused-ring (bicyclic) bond motifs is 1. The van der Waals surface area contributed by atoms with E-state index >= 15 is 0 Å². The first-order valence-corrected chi connectivity index (χ1v) is 9.45.